The molecular weight excluding hydrogens is 204 g/mol. The van der Waals surface area contributed by atoms with Crippen LogP contribution in [0.1, 0.15) is 22.8 Å². The zero-order valence-electron chi connectivity index (χ0n) is 7.79. The molecule has 1 aromatic heterocycles. The SMILES string of the molecule is CCOC(=O)c1cc(CN)cnc1Cl. The number of halogens is 1. The van der Waals surface area contributed by atoms with Gasteiger partial charge in [0, 0.05) is 12.7 Å². The van der Waals surface area contributed by atoms with Crippen molar-refractivity contribution < 1.29 is 9.53 Å². The molecule has 5 heteroatoms. The summed E-state index contributed by atoms with van der Waals surface area (Å²) in [5.74, 6) is -0.472. The third-order valence-corrected chi connectivity index (χ3v) is 1.93. The predicted octanol–water partition coefficient (Wildman–Crippen LogP) is 1.37. The van der Waals surface area contributed by atoms with Gasteiger partial charge in [-0.3, -0.25) is 0 Å². The van der Waals surface area contributed by atoms with E-state index in [1.54, 1.807) is 13.0 Å². The second-order valence-electron chi connectivity index (χ2n) is 2.61. The van der Waals surface area contributed by atoms with E-state index in [9.17, 15) is 4.79 Å². The Balaban J connectivity index is 2.99. The maximum Gasteiger partial charge on any atom is 0.341 e. The number of hydrogen-bond donors (Lipinski definition) is 1. The first-order valence-electron chi connectivity index (χ1n) is 4.20. The van der Waals surface area contributed by atoms with Crippen LogP contribution in [-0.2, 0) is 11.3 Å². The van der Waals surface area contributed by atoms with Crippen LogP contribution in [0, 0.1) is 0 Å². The molecule has 0 aliphatic carbocycles. The highest BCUT2D eigenvalue weighted by Gasteiger charge is 2.12. The molecule has 0 amide bonds. The lowest BCUT2D eigenvalue weighted by molar-refractivity contribution is 0.0526. The number of carbonyl (C=O) groups excluding carboxylic acids is 1. The molecule has 0 saturated carbocycles. The highest BCUT2D eigenvalue weighted by molar-refractivity contribution is 6.32. The van der Waals surface area contributed by atoms with E-state index in [-0.39, 0.29) is 10.7 Å². The topological polar surface area (TPSA) is 65.2 Å². The van der Waals surface area contributed by atoms with Crippen molar-refractivity contribution in [1.29, 1.82) is 0 Å². The quantitative estimate of drug-likeness (QED) is 0.610. The minimum atomic E-state index is -0.472. The summed E-state index contributed by atoms with van der Waals surface area (Å²) in [6, 6.07) is 1.59. The Kier molecular flexibility index (Phi) is 3.85. The first kappa shape index (κ1) is 10.9. The monoisotopic (exact) mass is 214 g/mol. The van der Waals surface area contributed by atoms with Gasteiger partial charge < -0.3 is 10.5 Å². The molecule has 0 atom stereocenters. The van der Waals surface area contributed by atoms with Crippen molar-refractivity contribution in [3.63, 3.8) is 0 Å². The van der Waals surface area contributed by atoms with Crippen molar-refractivity contribution in [3.05, 3.63) is 28.5 Å². The number of nitrogens with two attached hydrogens (primary N) is 1. The van der Waals surface area contributed by atoms with Crippen LogP contribution in [-0.4, -0.2) is 17.6 Å². The van der Waals surface area contributed by atoms with Gasteiger partial charge in [0.15, 0.2) is 0 Å². The van der Waals surface area contributed by atoms with Gasteiger partial charge in [-0.1, -0.05) is 11.6 Å². The predicted molar refractivity (Wildman–Crippen MR) is 53.1 cm³/mol. The van der Waals surface area contributed by atoms with Crippen LogP contribution in [0.5, 0.6) is 0 Å². The van der Waals surface area contributed by atoms with E-state index in [2.05, 4.69) is 4.98 Å². The summed E-state index contributed by atoms with van der Waals surface area (Å²) in [6.45, 7) is 2.35. The Morgan fingerprint density at radius 1 is 1.71 bits per heavy atom. The van der Waals surface area contributed by atoms with Crippen LogP contribution in [0.25, 0.3) is 0 Å². The van der Waals surface area contributed by atoms with Crippen molar-refractivity contribution >= 4 is 17.6 Å². The molecule has 76 valence electrons. The average molecular weight is 215 g/mol. The van der Waals surface area contributed by atoms with Gasteiger partial charge in [0.1, 0.15) is 5.15 Å². The van der Waals surface area contributed by atoms with Gasteiger partial charge in [-0.25, -0.2) is 9.78 Å². The van der Waals surface area contributed by atoms with Crippen LogP contribution in [0.2, 0.25) is 5.15 Å². The van der Waals surface area contributed by atoms with Gasteiger partial charge in [0.25, 0.3) is 0 Å². The van der Waals surface area contributed by atoms with Crippen LogP contribution in [0.15, 0.2) is 12.3 Å². The number of hydrogen-bond acceptors (Lipinski definition) is 4. The van der Waals surface area contributed by atoms with Gasteiger partial charge in [0.2, 0.25) is 0 Å². The molecule has 4 nitrogen and oxygen atoms in total. The number of esters is 1. The fraction of sp³-hybridized carbons (Fsp3) is 0.333. The van der Waals surface area contributed by atoms with Crippen LogP contribution in [0.3, 0.4) is 0 Å². The third-order valence-electron chi connectivity index (χ3n) is 1.63. The molecule has 2 N–H and O–H groups in total. The summed E-state index contributed by atoms with van der Waals surface area (Å²) in [7, 11) is 0. The normalized spacial score (nSPS) is 9.93. The molecule has 0 bridgehead atoms. The summed E-state index contributed by atoms with van der Waals surface area (Å²) in [5.41, 5.74) is 6.42. The van der Waals surface area contributed by atoms with Crippen molar-refractivity contribution in [2.24, 2.45) is 5.73 Å². The minimum absolute atomic E-state index is 0.139. The van der Waals surface area contributed by atoms with Crippen molar-refractivity contribution in [2.45, 2.75) is 13.5 Å². The van der Waals surface area contributed by atoms with E-state index in [1.165, 1.54) is 6.20 Å². The number of aromatic nitrogens is 1. The lowest BCUT2D eigenvalue weighted by Gasteiger charge is -2.04. The molecule has 1 aromatic rings. The molecule has 0 aliphatic rings. The third kappa shape index (κ3) is 2.43. The Bertz CT molecular complexity index is 342. The van der Waals surface area contributed by atoms with Gasteiger partial charge in [0.05, 0.1) is 12.2 Å². The number of rotatable bonds is 3. The summed E-state index contributed by atoms with van der Waals surface area (Å²) in [5, 5.41) is 0.139. The summed E-state index contributed by atoms with van der Waals surface area (Å²) in [6.07, 6.45) is 1.53. The minimum Gasteiger partial charge on any atom is -0.462 e. The molecule has 0 fully saturated rings. The fourth-order valence-electron chi connectivity index (χ4n) is 0.955. The zero-order valence-corrected chi connectivity index (χ0v) is 8.54. The van der Waals surface area contributed by atoms with Crippen LogP contribution >= 0.6 is 11.6 Å². The van der Waals surface area contributed by atoms with E-state index < -0.39 is 5.97 Å². The second kappa shape index (κ2) is 4.93. The Morgan fingerprint density at radius 2 is 2.43 bits per heavy atom. The van der Waals surface area contributed by atoms with E-state index >= 15 is 0 Å². The molecular formula is C9H11ClN2O2. The zero-order chi connectivity index (χ0) is 10.6. The maximum absolute atomic E-state index is 11.3. The van der Waals surface area contributed by atoms with Crippen molar-refractivity contribution in [2.75, 3.05) is 6.61 Å². The van der Waals surface area contributed by atoms with Crippen LogP contribution in [0.4, 0.5) is 0 Å². The molecule has 0 aliphatic heterocycles. The number of ether oxygens (including phenoxy) is 1. The Morgan fingerprint density at radius 3 is 3.00 bits per heavy atom. The highest BCUT2D eigenvalue weighted by atomic mass is 35.5. The Labute approximate surface area is 87.0 Å². The first-order chi connectivity index (χ1) is 6.69. The lowest BCUT2D eigenvalue weighted by Crippen LogP contribution is -2.08. The highest BCUT2D eigenvalue weighted by Crippen LogP contribution is 2.15. The van der Waals surface area contributed by atoms with Gasteiger partial charge >= 0.3 is 5.97 Å². The first-order valence-corrected chi connectivity index (χ1v) is 4.58. The van der Waals surface area contributed by atoms with Gasteiger partial charge in [-0.15, -0.1) is 0 Å². The Hall–Kier alpha value is -1.13. The number of carbonyl (C=O) groups is 1. The van der Waals surface area contributed by atoms with Crippen molar-refractivity contribution in [1.82, 2.24) is 4.98 Å². The molecule has 0 spiro atoms. The molecule has 0 unspecified atom stereocenters. The fourth-order valence-corrected chi connectivity index (χ4v) is 1.14. The van der Waals surface area contributed by atoms with E-state index in [1.807, 2.05) is 0 Å². The number of nitrogens with zero attached hydrogens (tertiary/aromatic N) is 1. The standard InChI is InChI=1S/C9H11ClN2O2/c1-2-14-9(13)7-3-6(4-11)5-12-8(7)10/h3,5H,2,4,11H2,1H3. The summed E-state index contributed by atoms with van der Waals surface area (Å²) < 4.78 is 4.80. The lowest BCUT2D eigenvalue weighted by atomic mass is 10.2. The van der Waals surface area contributed by atoms with Crippen molar-refractivity contribution in [3.8, 4) is 0 Å². The number of pyridine rings is 1. The smallest absolute Gasteiger partial charge is 0.341 e. The maximum atomic E-state index is 11.3. The second-order valence-corrected chi connectivity index (χ2v) is 2.96. The largest absolute Gasteiger partial charge is 0.462 e. The average Bonchev–Trinajstić information content (AvgIpc) is 2.19. The molecule has 1 rings (SSSR count). The van der Waals surface area contributed by atoms with E-state index in [4.69, 9.17) is 22.1 Å². The van der Waals surface area contributed by atoms with Gasteiger partial charge in [-0.2, -0.15) is 0 Å². The molecule has 1 heterocycles. The van der Waals surface area contributed by atoms with Gasteiger partial charge in [-0.05, 0) is 18.6 Å². The molecule has 0 saturated heterocycles. The summed E-state index contributed by atoms with van der Waals surface area (Å²) in [4.78, 5) is 15.2. The molecule has 0 radical (unpaired) electrons. The van der Waals surface area contributed by atoms with Crippen LogP contribution < -0.4 is 5.73 Å². The van der Waals surface area contributed by atoms with E-state index in [0.717, 1.165) is 5.56 Å². The molecule has 0 aromatic carbocycles. The summed E-state index contributed by atoms with van der Waals surface area (Å²) >= 11 is 5.73. The molecule has 14 heavy (non-hydrogen) atoms. The van der Waals surface area contributed by atoms with E-state index in [0.29, 0.717) is 13.2 Å².